The molecular weight excluding hydrogens is 236 g/mol. The van der Waals surface area contributed by atoms with Crippen molar-refractivity contribution in [3.63, 3.8) is 0 Å². The minimum atomic E-state index is -4.19. The van der Waals surface area contributed by atoms with Crippen LogP contribution in [0.3, 0.4) is 0 Å². The van der Waals surface area contributed by atoms with Crippen LogP contribution in [0.2, 0.25) is 0 Å². The second-order valence-electron chi connectivity index (χ2n) is 3.95. The first-order valence-electron chi connectivity index (χ1n) is 5.07. The van der Waals surface area contributed by atoms with Crippen molar-refractivity contribution in [2.45, 2.75) is 19.1 Å². The van der Waals surface area contributed by atoms with Gasteiger partial charge in [-0.25, -0.2) is 4.39 Å². The quantitative estimate of drug-likeness (QED) is 0.657. The number of anilines is 1. The Balaban J connectivity index is 2.53. The Labute approximate surface area is 97.0 Å². The molecule has 0 aliphatic carbocycles. The summed E-state index contributed by atoms with van der Waals surface area (Å²) in [6.07, 6.45) is -5.09. The molecule has 1 aromatic rings. The summed E-state index contributed by atoms with van der Waals surface area (Å²) in [6.45, 7) is -0.0322. The maximum absolute atomic E-state index is 13.4. The molecule has 96 valence electrons. The maximum Gasteiger partial charge on any atom is 0.390 e. The molecule has 0 aliphatic rings. The van der Waals surface area contributed by atoms with Crippen LogP contribution in [0.1, 0.15) is 12.0 Å². The van der Waals surface area contributed by atoms with Crippen LogP contribution in [0.25, 0.3) is 0 Å². The molecule has 0 radical (unpaired) electrons. The molecule has 2 nitrogen and oxygen atoms in total. The molecule has 6 heteroatoms. The molecule has 2 N–H and O–H groups in total. The molecule has 0 unspecified atom stereocenters. The Bertz CT molecular complexity index is 376. The number of nitrogens with zero attached hydrogens (tertiary/aromatic N) is 1. The van der Waals surface area contributed by atoms with Gasteiger partial charge in [-0.3, -0.25) is 0 Å². The second-order valence-corrected chi connectivity index (χ2v) is 3.95. The van der Waals surface area contributed by atoms with Crippen LogP contribution >= 0.6 is 0 Å². The van der Waals surface area contributed by atoms with E-state index in [2.05, 4.69) is 0 Å². The van der Waals surface area contributed by atoms with Crippen LogP contribution in [-0.2, 0) is 6.54 Å². The second kappa shape index (κ2) is 5.35. The van der Waals surface area contributed by atoms with Crippen molar-refractivity contribution in [3.8, 4) is 0 Å². The molecule has 0 atom stereocenters. The van der Waals surface area contributed by atoms with Crippen LogP contribution < -0.4 is 5.73 Å². The SMILES string of the molecule is CN(CCC(F)(F)F)Cc1ccc(N)cc1F. The molecule has 0 saturated carbocycles. The van der Waals surface area contributed by atoms with Gasteiger partial charge >= 0.3 is 6.18 Å². The smallest absolute Gasteiger partial charge is 0.390 e. The number of halogens is 4. The van der Waals surface area contributed by atoms with E-state index in [-0.39, 0.29) is 13.1 Å². The normalized spacial score (nSPS) is 12.1. The lowest BCUT2D eigenvalue weighted by Gasteiger charge is -2.18. The van der Waals surface area contributed by atoms with Gasteiger partial charge in [-0.1, -0.05) is 6.07 Å². The zero-order chi connectivity index (χ0) is 13.1. The minimum Gasteiger partial charge on any atom is -0.399 e. The third-order valence-electron chi connectivity index (χ3n) is 2.29. The van der Waals surface area contributed by atoms with Crippen LogP contribution in [0.4, 0.5) is 23.2 Å². The van der Waals surface area contributed by atoms with E-state index in [4.69, 9.17) is 5.73 Å². The van der Waals surface area contributed by atoms with E-state index >= 15 is 0 Å². The van der Waals surface area contributed by atoms with Gasteiger partial charge in [-0.2, -0.15) is 13.2 Å². The summed E-state index contributed by atoms with van der Waals surface area (Å²) in [7, 11) is 1.52. The summed E-state index contributed by atoms with van der Waals surface area (Å²) in [4.78, 5) is 1.42. The summed E-state index contributed by atoms with van der Waals surface area (Å²) in [5.74, 6) is -0.496. The third-order valence-corrected chi connectivity index (χ3v) is 2.29. The minimum absolute atomic E-state index is 0.127. The fraction of sp³-hybridized carbons (Fsp3) is 0.455. The number of hydrogen-bond donors (Lipinski definition) is 1. The molecule has 0 aromatic heterocycles. The molecule has 0 fully saturated rings. The highest BCUT2D eigenvalue weighted by molar-refractivity contribution is 5.40. The van der Waals surface area contributed by atoms with Crippen molar-refractivity contribution in [2.75, 3.05) is 19.3 Å². The summed E-state index contributed by atoms with van der Waals surface area (Å²) in [5, 5.41) is 0. The van der Waals surface area contributed by atoms with Crippen molar-refractivity contribution in [1.29, 1.82) is 0 Å². The first kappa shape index (κ1) is 13.8. The Morgan fingerprint density at radius 1 is 1.29 bits per heavy atom. The van der Waals surface area contributed by atoms with E-state index in [1.54, 1.807) is 0 Å². The summed E-state index contributed by atoms with van der Waals surface area (Å²) in [5.41, 5.74) is 6.00. The lowest BCUT2D eigenvalue weighted by Crippen LogP contribution is -2.24. The van der Waals surface area contributed by atoms with Crippen molar-refractivity contribution >= 4 is 5.69 Å². The number of hydrogen-bond acceptors (Lipinski definition) is 2. The molecule has 0 heterocycles. The van der Waals surface area contributed by atoms with E-state index < -0.39 is 18.4 Å². The Kier molecular flexibility index (Phi) is 4.34. The molecule has 0 amide bonds. The standard InChI is InChI=1S/C11H14F4N2/c1-17(5-4-11(13,14)15)7-8-2-3-9(16)6-10(8)12/h2-3,6H,4-5,7,16H2,1H3. The van der Waals surface area contributed by atoms with Crippen LogP contribution in [0.15, 0.2) is 18.2 Å². The highest BCUT2D eigenvalue weighted by Gasteiger charge is 2.27. The molecule has 17 heavy (non-hydrogen) atoms. The molecule has 0 spiro atoms. The van der Waals surface area contributed by atoms with E-state index in [0.29, 0.717) is 11.3 Å². The molecule has 0 saturated heterocycles. The molecule has 1 aromatic carbocycles. The topological polar surface area (TPSA) is 29.3 Å². The monoisotopic (exact) mass is 250 g/mol. The van der Waals surface area contributed by atoms with Gasteiger partial charge in [-0.05, 0) is 19.2 Å². The lowest BCUT2D eigenvalue weighted by atomic mass is 10.2. The summed E-state index contributed by atoms with van der Waals surface area (Å²) < 4.78 is 49.3. The maximum atomic E-state index is 13.4. The first-order chi connectivity index (χ1) is 7.78. The third kappa shape index (κ3) is 5.04. The first-order valence-corrected chi connectivity index (χ1v) is 5.07. The number of nitrogen functional groups attached to an aromatic ring is 1. The van der Waals surface area contributed by atoms with Gasteiger partial charge in [0.05, 0.1) is 6.42 Å². The fourth-order valence-corrected chi connectivity index (χ4v) is 1.38. The van der Waals surface area contributed by atoms with E-state index in [0.717, 1.165) is 6.07 Å². The van der Waals surface area contributed by atoms with E-state index in [1.165, 1.54) is 24.1 Å². The van der Waals surface area contributed by atoms with Gasteiger partial charge < -0.3 is 10.6 Å². The van der Waals surface area contributed by atoms with Gasteiger partial charge in [0.2, 0.25) is 0 Å². The van der Waals surface area contributed by atoms with Crippen LogP contribution in [0, 0.1) is 5.82 Å². The number of nitrogens with two attached hydrogens (primary N) is 1. The van der Waals surface area contributed by atoms with Crippen LogP contribution in [0.5, 0.6) is 0 Å². The highest BCUT2D eigenvalue weighted by atomic mass is 19.4. The van der Waals surface area contributed by atoms with Gasteiger partial charge in [0, 0.05) is 24.3 Å². The Morgan fingerprint density at radius 3 is 2.47 bits per heavy atom. The highest BCUT2D eigenvalue weighted by Crippen LogP contribution is 2.20. The predicted molar refractivity (Wildman–Crippen MR) is 57.8 cm³/mol. The zero-order valence-electron chi connectivity index (χ0n) is 9.39. The number of benzene rings is 1. The molecular formula is C11H14F4N2. The van der Waals surface area contributed by atoms with E-state index in [9.17, 15) is 17.6 Å². The van der Waals surface area contributed by atoms with Crippen molar-refractivity contribution in [3.05, 3.63) is 29.6 Å². The molecule has 0 bridgehead atoms. The van der Waals surface area contributed by atoms with Crippen molar-refractivity contribution in [2.24, 2.45) is 0 Å². The van der Waals surface area contributed by atoms with Crippen molar-refractivity contribution < 1.29 is 17.6 Å². The molecule has 0 aliphatic heterocycles. The average molecular weight is 250 g/mol. The van der Waals surface area contributed by atoms with Crippen LogP contribution in [-0.4, -0.2) is 24.7 Å². The van der Waals surface area contributed by atoms with E-state index in [1.807, 2.05) is 0 Å². The van der Waals surface area contributed by atoms with Gasteiger partial charge in [0.1, 0.15) is 5.82 Å². The predicted octanol–water partition coefficient (Wildman–Crippen LogP) is 2.79. The van der Waals surface area contributed by atoms with Gasteiger partial charge in [-0.15, -0.1) is 0 Å². The van der Waals surface area contributed by atoms with Gasteiger partial charge in [0.15, 0.2) is 0 Å². The molecule has 1 rings (SSSR count). The Morgan fingerprint density at radius 2 is 1.94 bits per heavy atom. The number of alkyl halides is 3. The largest absolute Gasteiger partial charge is 0.399 e. The average Bonchev–Trinajstić information content (AvgIpc) is 2.18. The Hall–Kier alpha value is -1.30. The van der Waals surface area contributed by atoms with Crippen molar-refractivity contribution in [1.82, 2.24) is 4.90 Å². The fourth-order valence-electron chi connectivity index (χ4n) is 1.38. The number of rotatable bonds is 4. The zero-order valence-corrected chi connectivity index (χ0v) is 9.39. The summed E-state index contributed by atoms with van der Waals surface area (Å²) in [6, 6.07) is 4.16. The summed E-state index contributed by atoms with van der Waals surface area (Å²) >= 11 is 0. The lowest BCUT2D eigenvalue weighted by molar-refractivity contribution is -0.137. The van der Waals surface area contributed by atoms with Gasteiger partial charge in [0.25, 0.3) is 0 Å².